The van der Waals surface area contributed by atoms with Gasteiger partial charge in [-0.1, -0.05) is 15.2 Å². The van der Waals surface area contributed by atoms with Crippen LogP contribution in [0.2, 0.25) is 0 Å². The number of rotatable bonds is 6. The van der Waals surface area contributed by atoms with Gasteiger partial charge in [0.05, 0.1) is 0 Å². The molecule has 0 amide bonds. The summed E-state index contributed by atoms with van der Waals surface area (Å²) in [6.07, 6.45) is -13.1. The van der Waals surface area contributed by atoms with Crippen LogP contribution in [-0.2, 0) is 20.9 Å². The lowest BCUT2D eigenvalue weighted by Gasteiger charge is -2.30. The number of thiazole rings is 1. The predicted molar refractivity (Wildman–Crippen MR) is 56.4 cm³/mol. The molecule has 0 fully saturated rings. The van der Waals surface area contributed by atoms with Crippen molar-refractivity contribution in [3.05, 3.63) is 11.1 Å². The molecule has 0 aromatic carbocycles. The quantitative estimate of drug-likeness (QED) is 0.589. The fourth-order valence-corrected chi connectivity index (χ4v) is 2.01. The Morgan fingerprint density at radius 2 is 1.52 bits per heavy atom. The molecular weight excluding hydrogens is 395 g/mol. The SMILES string of the molecule is Nc1ncc(C(F)(F)C(F)(F)OC(F)(F)C(F)(F)S(=O)(=O)F)s1. The molecule has 0 aliphatic rings. The number of nitrogen functional groups attached to an aromatic ring is 1. The summed E-state index contributed by atoms with van der Waals surface area (Å²) in [5.41, 5.74) is 4.86. The Balaban J connectivity index is 3.24. The maximum atomic E-state index is 13.4. The number of halogens is 9. The van der Waals surface area contributed by atoms with Crippen LogP contribution in [0.15, 0.2) is 6.20 Å². The summed E-state index contributed by atoms with van der Waals surface area (Å²) in [4.78, 5) is 1.17. The minimum Gasteiger partial charge on any atom is -0.375 e. The third-order valence-electron chi connectivity index (χ3n) is 2.10. The molecule has 0 aliphatic heterocycles. The number of nitrogens with zero attached hydrogens (tertiary/aromatic N) is 1. The zero-order valence-corrected chi connectivity index (χ0v) is 11.7. The van der Waals surface area contributed by atoms with Crippen LogP contribution in [0.4, 0.5) is 44.1 Å². The van der Waals surface area contributed by atoms with E-state index < -0.39 is 43.6 Å². The van der Waals surface area contributed by atoms with E-state index in [2.05, 4.69) is 4.98 Å². The summed E-state index contributed by atoms with van der Waals surface area (Å²) in [6, 6.07) is 0. The second-order valence-corrected chi connectivity index (χ2v) is 6.18. The van der Waals surface area contributed by atoms with Gasteiger partial charge in [0.2, 0.25) is 0 Å². The molecule has 0 atom stereocenters. The van der Waals surface area contributed by atoms with E-state index in [1.54, 1.807) is 0 Å². The number of nitrogens with two attached hydrogens (primary N) is 1. The Morgan fingerprint density at radius 3 is 1.87 bits per heavy atom. The first-order valence-electron chi connectivity index (χ1n) is 4.83. The van der Waals surface area contributed by atoms with E-state index in [0.717, 1.165) is 0 Å². The van der Waals surface area contributed by atoms with Crippen LogP contribution in [0.5, 0.6) is 0 Å². The lowest BCUT2D eigenvalue weighted by Crippen LogP contribution is -2.54. The van der Waals surface area contributed by atoms with Crippen LogP contribution in [0.1, 0.15) is 4.88 Å². The molecule has 0 spiro atoms. The summed E-state index contributed by atoms with van der Waals surface area (Å²) in [7, 11) is -7.45. The lowest BCUT2D eigenvalue weighted by atomic mass is 10.3. The van der Waals surface area contributed by atoms with Crippen molar-refractivity contribution in [2.45, 2.75) is 23.4 Å². The van der Waals surface area contributed by atoms with E-state index >= 15 is 0 Å². The summed E-state index contributed by atoms with van der Waals surface area (Å²) in [5.74, 6) is -5.65. The third-order valence-corrected chi connectivity index (χ3v) is 3.85. The highest BCUT2D eigenvalue weighted by Crippen LogP contribution is 2.51. The van der Waals surface area contributed by atoms with E-state index in [1.165, 1.54) is 0 Å². The standard InChI is InChI=1S/C7H3F9N2O3S2/c8-4(9,2-1-18-3(17)22-2)5(10,11)21-6(12,13)7(14,15)23(16,19)20/h1H,(H2,17,18). The van der Waals surface area contributed by atoms with Crippen molar-refractivity contribution in [1.29, 1.82) is 0 Å². The molecule has 1 rings (SSSR count). The van der Waals surface area contributed by atoms with Crippen LogP contribution >= 0.6 is 11.3 Å². The number of anilines is 1. The highest BCUT2D eigenvalue weighted by molar-refractivity contribution is 7.87. The largest absolute Gasteiger partial charge is 0.464 e. The molecule has 0 radical (unpaired) electrons. The summed E-state index contributed by atoms with van der Waals surface area (Å²) in [6.45, 7) is 0. The Bertz CT molecular complexity index is 687. The van der Waals surface area contributed by atoms with Gasteiger partial charge in [-0.25, -0.2) is 9.72 Å². The van der Waals surface area contributed by atoms with Gasteiger partial charge in [0.25, 0.3) is 0 Å². The van der Waals surface area contributed by atoms with Gasteiger partial charge < -0.3 is 5.73 Å². The molecule has 1 aromatic rings. The smallest absolute Gasteiger partial charge is 0.375 e. The minimum absolute atomic E-state index is 0.0272. The number of hydrogen-bond acceptors (Lipinski definition) is 6. The second-order valence-electron chi connectivity index (χ2n) is 3.73. The van der Waals surface area contributed by atoms with E-state index in [0.29, 0.717) is 0 Å². The average molecular weight is 398 g/mol. The lowest BCUT2D eigenvalue weighted by molar-refractivity contribution is -0.459. The maximum Gasteiger partial charge on any atom is 0.464 e. The molecule has 16 heteroatoms. The van der Waals surface area contributed by atoms with Gasteiger partial charge in [0.15, 0.2) is 5.13 Å². The Labute approximate surface area is 125 Å². The molecule has 0 aliphatic carbocycles. The summed E-state index contributed by atoms with van der Waals surface area (Å²) in [5, 5.41) is -7.54. The summed E-state index contributed by atoms with van der Waals surface area (Å²) >= 11 is -0.307. The molecule has 23 heavy (non-hydrogen) atoms. The Morgan fingerprint density at radius 1 is 1.04 bits per heavy atom. The fraction of sp³-hybridized carbons (Fsp3) is 0.571. The zero-order valence-electron chi connectivity index (χ0n) is 10.0. The van der Waals surface area contributed by atoms with Crippen molar-refractivity contribution in [2.75, 3.05) is 5.73 Å². The zero-order chi connectivity index (χ0) is 18.5. The Kier molecular flexibility index (Phi) is 4.61. The first-order chi connectivity index (χ1) is 9.96. The topological polar surface area (TPSA) is 82.3 Å². The van der Waals surface area contributed by atoms with Gasteiger partial charge >= 0.3 is 33.6 Å². The molecule has 0 saturated heterocycles. The van der Waals surface area contributed by atoms with Crippen LogP contribution in [0.25, 0.3) is 0 Å². The highest BCUT2D eigenvalue weighted by atomic mass is 32.3. The molecule has 134 valence electrons. The minimum atomic E-state index is -7.45. The fourth-order valence-electron chi connectivity index (χ4n) is 1.00. The van der Waals surface area contributed by atoms with Crippen molar-refractivity contribution in [3.63, 3.8) is 0 Å². The molecule has 0 saturated carbocycles. The van der Waals surface area contributed by atoms with E-state index in [9.17, 15) is 47.4 Å². The third kappa shape index (κ3) is 3.32. The van der Waals surface area contributed by atoms with Gasteiger partial charge in [-0.15, -0.1) is 0 Å². The van der Waals surface area contributed by atoms with E-state index in [-0.39, 0.29) is 17.5 Å². The Hall–Kier alpha value is -1.29. The highest BCUT2D eigenvalue weighted by Gasteiger charge is 2.75. The number of hydrogen-bond donors (Lipinski definition) is 1. The van der Waals surface area contributed by atoms with Crippen molar-refractivity contribution in [1.82, 2.24) is 4.98 Å². The first-order valence-corrected chi connectivity index (χ1v) is 7.03. The predicted octanol–water partition coefficient (Wildman–Crippen LogP) is 2.91. The summed E-state index contributed by atoms with van der Waals surface area (Å²) < 4.78 is 138. The maximum absolute atomic E-state index is 13.4. The molecule has 0 bridgehead atoms. The van der Waals surface area contributed by atoms with Crippen LogP contribution < -0.4 is 5.73 Å². The van der Waals surface area contributed by atoms with Crippen LogP contribution in [0.3, 0.4) is 0 Å². The second kappa shape index (κ2) is 5.37. The molecule has 1 heterocycles. The van der Waals surface area contributed by atoms with Gasteiger partial charge in [-0.2, -0.15) is 43.5 Å². The number of ether oxygens (including phenoxy) is 1. The van der Waals surface area contributed by atoms with Crippen molar-refractivity contribution in [2.24, 2.45) is 0 Å². The molecule has 0 unspecified atom stereocenters. The van der Waals surface area contributed by atoms with Crippen LogP contribution in [-0.4, -0.2) is 30.9 Å². The van der Waals surface area contributed by atoms with Crippen molar-refractivity contribution >= 4 is 26.7 Å². The average Bonchev–Trinajstić information content (AvgIpc) is 2.73. The monoisotopic (exact) mass is 398 g/mol. The molecule has 1 aromatic heterocycles. The van der Waals surface area contributed by atoms with Gasteiger partial charge in [-0.3, -0.25) is 0 Å². The number of alkyl halides is 8. The normalized spacial score (nSPS) is 15.0. The van der Waals surface area contributed by atoms with E-state index in [1.807, 2.05) is 4.74 Å². The molecular formula is C7H3F9N2O3S2. The van der Waals surface area contributed by atoms with Crippen molar-refractivity contribution < 1.29 is 52.2 Å². The van der Waals surface area contributed by atoms with E-state index in [4.69, 9.17) is 5.73 Å². The molecule has 2 N–H and O–H groups in total. The molecule has 5 nitrogen and oxygen atoms in total. The van der Waals surface area contributed by atoms with Gasteiger partial charge in [0.1, 0.15) is 4.88 Å². The first kappa shape index (κ1) is 19.8. The van der Waals surface area contributed by atoms with Gasteiger partial charge in [0, 0.05) is 6.20 Å². The van der Waals surface area contributed by atoms with Crippen molar-refractivity contribution in [3.8, 4) is 0 Å². The number of aromatic nitrogens is 1. The van der Waals surface area contributed by atoms with Gasteiger partial charge in [-0.05, 0) is 0 Å². The van der Waals surface area contributed by atoms with Crippen LogP contribution in [0, 0.1) is 0 Å².